The van der Waals surface area contributed by atoms with Crippen LogP contribution in [0, 0.1) is 6.92 Å². The zero-order valence-corrected chi connectivity index (χ0v) is 19.9. The second kappa shape index (κ2) is 9.72. The third-order valence-electron chi connectivity index (χ3n) is 7.07. The fourth-order valence-corrected chi connectivity index (χ4v) is 5.20. The van der Waals surface area contributed by atoms with Crippen LogP contribution >= 0.6 is 0 Å². The Morgan fingerprint density at radius 1 is 1.12 bits per heavy atom. The molecule has 0 aliphatic carbocycles. The van der Waals surface area contributed by atoms with Crippen LogP contribution in [0.2, 0.25) is 0 Å². The zero-order valence-electron chi connectivity index (χ0n) is 19.9. The lowest BCUT2D eigenvalue weighted by Gasteiger charge is -2.48. The standard InChI is InChI=1S/C28H32N2O4/c1-3-32-23-17-25(21-7-5-4-6-8-21)33-28(19-23)13-15-30(16-14-28)27(31)24-18-26(34-29-24)22-11-9-20(2)10-12-22/h4-12,18,23,25H,3,13-17,19H2,1-2H3/t23-,25-/m0/s1. The van der Waals surface area contributed by atoms with Crippen molar-refractivity contribution in [3.05, 3.63) is 77.5 Å². The van der Waals surface area contributed by atoms with Crippen molar-refractivity contribution in [2.45, 2.75) is 57.3 Å². The largest absolute Gasteiger partial charge is 0.378 e. The van der Waals surface area contributed by atoms with Gasteiger partial charge in [-0.05, 0) is 32.3 Å². The van der Waals surface area contributed by atoms with Crippen molar-refractivity contribution in [2.75, 3.05) is 19.7 Å². The molecule has 0 N–H and O–H groups in total. The van der Waals surface area contributed by atoms with Gasteiger partial charge in [-0.1, -0.05) is 65.3 Å². The molecule has 2 aliphatic heterocycles. The lowest BCUT2D eigenvalue weighted by atomic mass is 9.80. The van der Waals surface area contributed by atoms with E-state index in [1.165, 1.54) is 11.1 Å². The molecule has 3 heterocycles. The van der Waals surface area contributed by atoms with Crippen LogP contribution in [0.1, 0.15) is 60.3 Å². The molecule has 1 aromatic heterocycles. The molecule has 0 radical (unpaired) electrons. The Morgan fingerprint density at radius 2 is 1.85 bits per heavy atom. The number of carbonyl (C=O) groups excluding carboxylic acids is 1. The van der Waals surface area contributed by atoms with Crippen LogP contribution in [0.15, 0.2) is 65.2 Å². The molecule has 2 fully saturated rings. The number of benzene rings is 2. The Balaban J connectivity index is 1.26. The van der Waals surface area contributed by atoms with Gasteiger partial charge in [-0.3, -0.25) is 4.79 Å². The minimum absolute atomic E-state index is 0.0151. The van der Waals surface area contributed by atoms with E-state index in [1.54, 1.807) is 6.07 Å². The highest BCUT2D eigenvalue weighted by atomic mass is 16.5. The van der Waals surface area contributed by atoms with E-state index in [4.69, 9.17) is 14.0 Å². The summed E-state index contributed by atoms with van der Waals surface area (Å²) in [4.78, 5) is 15.0. The molecular weight excluding hydrogens is 428 g/mol. The maximum Gasteiger partial charge on any atom is 0.276 e. The van der Waals surface area contributed by atoms with Gasteiger partial charge in [0.2, 0.25) is 0 Å². The molecule has 34 heavy (non-hydrogen) atoms. The van der Waals surface area contributed by atoms with Gasteiger partial charge in [-0.15, -0.1) is 0 Å². The van der Waals surface area contributed by atoms with Crippen molar-refractivity contribution >= 4 is 5.91 Å². The lowest BCUT2D eigenvalue weighted by Crippen LogP contribution is -2.52. The number of aromatic nitrogens is 1. The van der Waals surface area contributed by atoms with E-state index in [-0.39, 0.29) is 23.7 Å². The monoisotopic (exact) mass is 460 g/mol. The highest BCUT2D eigenvalue weighted by molar-refractivity contribution is 5.93. The summed E-state index contributed by atoms with van der Waals surface area (Å²) < 4.78 is 18.3. The Kier molecular flexibility index (Phi) is 6.53. The summed E-state index contributed by atoms with van der Waals surface area (Å²) in [7, 11) is 0. The molecule has 2 aliphatic rings. The number of carbonyl (C=O) groups is 1. The van der Waals surface area contributed by atoms with Gasteiger partial charge in [0.25, 0.3) is 5.91 Å². The van der Waals surface area contributed by atoms with E-state index in [9.17, 15) is 4.79 Å². The Bertz CT molecular complexity index is 1100. The SMILES string of the molecule is CCO[C@H]1C[C@@H](c2ccccc2)OC2(CCN(C(=O)c3cc(-c4ccc(C)cc4)on3)CC2)C1. The molecule has 6 heteroatoms. The normalized spacial score (nSPS) is 22.1. The smallest absolute Gasteiger partial charge is 0.276 e. The van der Waals surface area contributed by atoms with Gasteiger partial charge in [0, 0.05) is 44.2 Å². The summed E-state index contributed by atoms with van der Waals surface area (Å²) in [6.45, 7) is 6.04. The lowest BCUT2D eigenvalue weighted by molar-refractivity contribution is -0.190. The molecule has 3 aromatic rings. The Morgan fingerprint density at radius 3 is 2.56 bits per heavy atom. The van der Waals surface area contributed by atoms with Crippen LogP contribution in [-0.4, -0.2) is 47.4 Å². The molecule has 6 nitrogen and oxygen atoms in total. The number of piperidine rings is 1. The summed E-state index contributed by atoms with van der Waals surface area (Å²) in [5, 5.41) is 4.06. The number of aryl methyl sites for hydroxylation is 1. The van der Waals surface area contributed by atoms with Crippen LogP contribution < -0.4 is 0 Å². The van der Waals surface area contributed by atoms with Crippen molar-refractivity contribution in [1.29, 1.82) is 0 Å². The van der Waals surface area contributed by atoms with Gasteiger partial charge >= 0.3 is 0 Å². The fraction of sp³-hybridized carbons (Fsp3) is 0.429. The average Bonchev–Trinajstić information content (AvgIpc) is 3.35. The average molecular weight is 461 g/mol. The van der Waals surface area contributed by atoms with Crippen molar-refractivity contribution < 1.29 is 18.8 Å². The van der Waals surface area contributed by atoms with Gasteiger partial charge in [0.1, 0.15) is 0 Å². The molecular formula is C28H32N2O4. The number of hydrogen-bond donors (Lipinski definition) is 0. The van der Waals surface area contributed by atoms with E-state index in [1.807, 2.05) is 49.1 Å². The third-order valence-corrected chi connectivity index (χ3v) is 7.07. The molecule has 2 atom stereocenters. The molecule has 0 unspecified atom stereocenters. The molecule has 178 valence electrons. The Hall–Kier alpha value is -2.96. The molecule has 0 bridgehead atoms. The van der Waals surface area contributed by atoms with Crippen LogP contribution in [-0.2, 0) is 9.47 Å². The first-order valence-corrected chi connectivity index (χ1v) is 12.2. The van der Waals surface area contributed by atoms with Gasteiger partial charge in [0.05, 0.1) is 17.8 Å². The molecule has 0 saturated carbocycles. The second-order valence-corrected chi connectivity index (χ2v) is 9.45. The van der Waals surface area contributed by atoms with E-state index >= 15 is 0 Å². The van der Waals surface area contributed by atoms with Gasteiger partial charge in [-0.2, -0.15) is 0 Å². The summed E-state index contributed by atoms with van der Waals surface area (Å²) in [5.74, 6) is 0.520. The maximum atomic E-state index is 13.2. The first kappa shape index (κ1) is 22.8. The predicted molar refractivity (Wildman–Crippen MR) is 129 cm³/mol. The van der Waals surface area contributed by atoms with E-state index in [0.717, 1.165) is 31.2 Å². The zero-order chi connectivity index (χ0) is 23.5. The number of likely N-dealkylation sites (tertiary alicyclic amines) is 1. The van der Waals surface area contributed by atoms with Crippen molar-refractivity contribution in [3.8, 4) is 11.3 Å². The molecule has 2 saturated heterocycles. The van der Waals surface area contributed by atoms with E-state index in [2.05, 4.69) is 29.4 Å². The molecule has 1 spiro atoms. The summed E-state index contributed by atoms with van der Waals surface area (Å²) >= 11 is 0. The first-order chi connectivity index (χ1) is 16.5. The minimum atomic E-state index is -0.272. The number of rotatable bonds is 5. The van der Waals surface area contributed by atoms with Crippen molar-refractivity contribution in [3.63, 3.8) is 0 Å². The topological polar surface area (TPSA) is 64.8 Å². The van der Waals surface area contributed by atoms with Crippen LogP contribution in [0.3, 0.4) is 0 Å². The van der Waals surface area contributed by atoms with Crippen LogP contribution in [0.5, 0.6) is 0 Å². The van der Waals surface area contributed by atoms with Crippen LogP contribution in [0.4, 0.5) is 0 Å². The maximum absolute atomic E-state index is 13.2. The quantitative estimate of drug-likeness (QED) is 0.497. The number of nitrogens with zero attached hydrogens (tertiary/aromatic N) is 2. The van der Waals surface area contributed by atoms with Gasteiger partial charge in [-0.25, -0.2) is 0 Å². The Labute approximate surface area is 200 Å². The summed E-state index contributed by atoms with van der Waals surface area (Å²) in [5.41, 5.74) is 3.36. The van der Waals surface area contributed by atoms with E-state index < -0.39 is 0 Å². The predicted octanol–water partition coefficient (Wildman–Crippen LogP) is 5.58. The first-order valence-electron chi connectivity index (χ1n) is 12.2. The van der Waals surface area contributed by atoms with Gasteiger partial charge in [0.15, 0.2) is 11.5 Å². The number of amides is 1. The fourth-order valence-electron chi connectivity index (χ4n) is 5.20. The number of hydrogen-bond acceptors (Lipinski definition) is 5. The summed E-state index contributed by atoms with van der Waals surface area (Å²) in [6.07, 6.45) is 3.49. The highest BCUT2D eigenvalue weighted by Gasteiger charge is 2.45. The number of ether oxygens (including phenoxy) is 2. The van der Waals surface area contributed by atoms with E-state index in [0.29, 0.717) is 31.2 Å². The molecule has 1 amide bonds. The van der Waals surface area contributed by atoms with Crippen molar-refractivity contribution in [1.82, 2.24) is 10.1 Å². The summed E-state index contributed by atoms with van der Waals surface area (Å²) in [6, 6.07) is 20.1. The van der Waals surface area contributed by atoms with Crippen molar-refractivity contribution in [2.24, 2.45) is 0 Å². The minimum Gasteiger partial charge on any atom is -0.378 e. The van der Waals surface area contributed by atoms with Gasteiger partial charge < -0.3 is 18.9 Å². The molecule has 5 rings (SSSR count). The third kappa shape index (κ3) is 4.79. The highest BCUT2D eigenvalue weighted by Crippen LogP contribution is 2.44. The second-order valence-electron chi connectivity index (χ2n) is 9.45. The van der Waals surface area contributed by atoms with Crippen LogP contribution in [0.25, 0.3) is 11.3 Å². The molecule has 2 aromatic carbocycles.